The number of sulfonamides is 1. The number of hydrogen-bond donors (Lipinski definition) is 1. The summed E-state index contributed by atoms with van der Waals surface area (Å²) in [5.74, 6) is -1.08. The molecule has 0 saturated heterocycles. The lowest BCUT2D eigenvalue weighted by Gasteiger charge is -2.14. The molecule has 2 aromatic carbocycles. The van der Waals surface area contributed by atoms with E-state index in [0.29, 0.717) is 0 Å². The third kappa shape index (κ3) is 4.55. The summed E-state index contributed by atoms with van der Waals surface area (Å²) in [6.07, 6.45) is 0. The number of benzene rings is 2. The van der Waals surface area contributed by atoms with Crippen LogP contribution in [0.1, 0.15) is 11.1 Å². The maximum absolute atomic E-state index is 12.6. The Labute approximate surface area is 157 Å². The number of aryl methyl sites for hydroxylation is 2. The zero-order valence-corrected chi connectivity index (χ0v) is 16.4. The van der Waals surface area contributed by atoms with E-state index >= 15 is 0 Å². The SMILES string of the molecule is COc1ccccc1S(=O)(=O)Nc1cc(C)c(S(=O)(=O)C[N+](=O)[O-])c(C)c1. The van der Waals surface area contributed by atoms with Crippen molar-refractivity contribution in [2.24, 2.45) is 0 Å². The van der Waals surface area contributed by atoms with Crippen molar-refractivity contribution in [2.75, 3.05) is 17.7 Å². The molecule has 0 aliphatic rings. The van der Waals surface area contributed by atoms with Crippen LogP contribution < -0.4 is 9.46 Å². The van der Waals surface area contributed by atoms with Crippen molar-refractivity contribution >= 4 is 25.5 Å². The van der Waals surface area contributed by atoms with Crippen LogP contribution in [0.4, 0.5) is 5.69 Å². The number of sulfone groups is 1. The van der Waals surface area contributed by atoms with E-state index < -0.39 is 30.7 Å². The molecule has 0 radical (unpaired) electrons. The normalized spacial score (nSPS) is 11.8. The van der Waals surface area contributed by atoms with Crippen molar-refractivity contribution in [3.8, 4) is 5.75 Å². The summed E-state index contributed by atoms with van der Waals surface area (Å²) < 4.78 is 57.1. The number of methoxy groups -OCH3 is 1. The smallest absolute Gasteiger partial charge is 0.305 e. The largest absolute Gasteiger partial charge is 0.495 e. The van der Waals surface area contributed by atoms with Gasteiger partial charge >= 0.3 is 5.88 Å². The van der Waals surface area contributed by atoms with Gasteiger partial charge in [-0.15, -0.1) is 0 Å². The Bertz CT molecular complexity index is 1070. The molecule has 0 spiro atoms. The van der Waals surface area contributed by atoms with Crippen LogP contribution in [0.15, 0.2) is 46.2 Å². The highest BCUT2D eigenvalue weighted by Gasteiger charge is 2.26. The summed E-state index contributed by atoms with van der Waals surface area (Å²) in [6.45, 7) is 2.89. The van der Waals surface area contributed by atoms with Crippen LogP contribution >= 0.6 is 0 Å². The zero-order chi connectivity index (χ0) is 20.4. The third-order valence-electron chi connectivity index (χ3n) is 3.66. The first-order valence-corrected chi connectivity index (χ1v) is 10.7. The van der Waals surface area contributed by atoms with E-state index in [-0.39, 0.29) is 32.4 Å². The molecule has 0 unspecified atom stereocenters. The number of rotatable bonds is 7. The van der Waals surface area contributed by atoms with Gasteiger partial charge in [0.25, 0.3) is 10.0 Å². The van der Waals surface area contributed by atoms with Gasteiger partial charge in [0.2, 0.25) is 9.84 Å². The lowest BCUT2D eigenvalue weighted by molar-refractivity contribution is -0.458. The van der Waals surface area contributed by atoms with Crippen molar-refractivity contribution < 1.29 is 26.5 Å². The number of para-hydroxylation sites is 1. The monoisotopic (exact) mass is 414 g/mol. The predicted octanol–water partition coefficient (Wildman–Crippen LogP) is 2.12. The first-order valence-electron chi connectivity index (χ1n) is 7.59. The molecular formula is C16H18N2O7S2. The average molecular weight is 414 g/mol. The zero-order valence-electron chi connectivity index (χ0n) is 14.8. The molecule has 0 amide bonds. The first-order chi connectivity index (χ1) is 12.5. The van der Waals surface area contributed by atoms with Gasteiger partial charge in [0.05, 0.1) is 12.0 Å². The molecule has 0 atom stereocenters. The van der Waals surface area contributed by atoms with Gasteiger partial charge in [-0.05, 0) is 49.2 Å². The number of hydrogen-bond acceptors (Lipinski definition) is 7. The Kier molecular flexibility index (Phi) is 5.76. The number of ether oxygens (including phenoxy) is 1. The summed E-state index contributed by atoms with van der Waals surface area (Å²) in [6, 6.07) is 8.66. The molecule has 146 valence electrons. The van der Waals surface area contributed by atoms with Crippen LogP contribution in [0.3, 0.4) is 0 Å². The highest BCUT2D eigenvalue weighted by molar-refractivity contribution is 7.93. The van der Waals surface area contributed by atoms with Crippen molar-refractivity contribution in [1.29, 1.82) is 0 Å². The molecule has 9 nitrogen and oxygen atoms in total. The Balaban J connectivity index is 2.46. The van der Waals surface area contributed by atoms with Gasteiger partial charge in [-0.1, -0.05) is 12.1 Å². The third-order valence-corrected chi connectivity index (χ3v) is 6.89. The molecule has 27 heavy (non-hydrogen) atoms. The second-order valence-electron chi connectivity index (χ2n) is 5.77. The molecule has 0 aromatic heterocycles. The topological polar surface area (TPSA) is 133 Å². The molecule has 0 bridgehead atoms. The van der Waals surface area contributed by atoms with E-state index in [4.69, 9.17) is 4.74 Å². The molecule has 2 rings (SSSR count). The van der Waals surface area contributed by atoms with Crippen LogP contribution in [0, 0.1) is 24.0 Å². The van der Waals surface area contributed by atoms with Gasteiger partial charge in [0.1, 0.15) is 10.6 Å². The standard InChI is InChI=1S/C16H18N2O7S2/c1-11-8-13(9-12(2)16(11)26(21,22)10-18(19)20)17-27(23,24)15-7-5-4-6-14(15)25-3/h4-9,17H,10H2,1-3H3. The van der Waals surface area contributed by atoms with E-state index in [1.807, 2.05) is 0 Å². The highest BCUT2D eigenvalue weighted by Crippen LogP contribution is 2.29. The van der Waals surface area contributed by atoms with Gasteiger partial charge in [-0.3, -0.25) is 14.8 Å². The molecule has 0 aliphatic heterocycles. The van der Waals surface area contributed by atoms with Crippen molar-refractivity contribution in [2.45, 2.75) is 23.6 Å². The molecule has 1 N–H and O–H groups in total. The average Bonchev–Trinajstić information content (AvgIpc) is 2.52. The maximum Gasteiger partial charge on any atom is 0.305 e. The van der Waals surface area contributed by atoms with Crippen molar-refractivity contribution in [3.63, 3.8) is 0 Å². The van der Waals surface area contributed by atoms with E-state index in [9.17, 15) is 26.9 Å². The summed E-state index contributed by atoms with van der Waals surface area (Å²) in [5, 5.41) is 10.6. The molecule has 0 aliphatic carbocycles. The minimum atomic E-state index is -4.14. The van der Waals surface area contributed by atoms with Gasteiger partial charge in [-0.2, -0.15) is 0 Å². The van der Waals surface area contributed by atoms with Crippen LogP contribution in [0.25, 0.3) is 0 Å². The van der Waals surface area contributed by atoms with Gasteiger partial charge in [0.15, 0.2) is 0 Å². The van der Waals surface area contributed by atoms with Crippen LogP contribution in [0.5, 0.6) is 5.75 Å². The Morgan fingerprint density at radius 2 is 1.63 bits per heavy atom. The van der Waals surface area contributed by atoms with Crippen molar-refractivity contribution in [1.82, 2.24) is 0 Å². The fraction of sp³-hybridized carbons (Fsp3) is 0.250. The molecule has 0 saturated carbocycles. The summed E-state index contributed by atoms with van der Waals surface area (Å²) in [5.41, 5.74) is 0.542. The lowest BCUT2D eigenvalue weighted by atomic mass is 10.1. The lowest BCUT2D eigenvalue weighted by Crippen LogP contribution is -2.18. The Morgan fingerprint density at radius 3 is 2.15 bits per heavy atom. The summed E-state index contributed by atoms with van der Waals surface area (Å²) >= 11 is 0. The highest BCUT2D eigenvalue weighted by atomic mass is 32.2. The van der Waals surface area contributed by atoms with Crippen LogP contribution in [0.2, 0.25) is 0 Å². The molecule has 0 heterocycles. The summed E-state index contributed by atoms with van der Waals surface area (Å²) in [4.78, 5) is 9.42. The van der Waals surface area contributed by atoms with Crippen LogP contribution in [-0.2, 0) is 19.9 Å². The fourth-order valence-corrected chi connectivity index (χ4v) is 5.47. The predicted molar refractivity (Wildman–Crippen MR) is 98.8 cm³/mol. The van der Waals surface area contributed by atoms with Gasteiger partial charge in [-0.25, -0.2) is 16.8 Å². The number of nitrogens with zero attached hydrogens (tertiary/aromatic N) is 1. The quantitative estimate of drug-likeness (QED) is 0.542. The van der Waals surface area contributed by atoms with E-state index in [1.54, 1.807) is 12.1 Å². The minimum absolute atomic E-state index is 0.0761. The fourth-order valence-electron chi connectivity index (χ4n) is 2.75. The second kappa shape index (κ2) is 7.53. The second-order valence-corrected chi connectivity index (χ2v) is 9.32. The molecule has 0 fully saturated rings. The van der Waals surface area contributed by atoms with E-state index in [2.05, 4.69) is 4.72 Å². The molecule has 11 heteroatoms. The Hall–Kier alpha value is -2.66. The number of nitrogens with one attached hydrogen (secondary N) is 1. The van der Waals surface area contributed by atoms with Crippen LogP contribution in [-0.4, -0.2) is 34.7 Å². The molecule has 2 aromatic rings. The number of anilines is 1. The van der Waals surface area contributed by atoms with Gasteiger partial charge < -0.3 is 4.74 Å². The first kappa shape index (κ1) is 20.6. The van der Waals surface area contributed by atoms with E-state index in [0.717, 1.165) is 0 Å². The van der Waals surface area contributed by atoms with E-state index in [1.165, 1.54) is 45.2 Å². The van der Waals surface area contributed by atoms with Crippen molar-refractivity contribution in [3.05, 3.63) is 57.6 Å². The number of nitro groups is 1. The Morgan fingerprint density at radius 1 is 1.07 bits per heavy atom. The van der Waals surface area contributed by atoms with Gasteiger partial charge in [0, 0.05) is 10.6 Å². The molecular weight excluding hydrogens is 396 g/mol. The minimum Gasteiger partial charge on any atom is -0.495 e. The maximum atomic E-state index is 12.6. The summed E-state index contributed by atoms with van der Waals surface area (Å²) in [7, 11) is -6.79.